The summed E-state index contributed by atoms with van der Waals surface area (Å²) in [6, 6.07) is 1.34. The average molecular weight is 320 g/mol. The predicted octanol–water partition coefficient (Wildman–Crippen LogP) is 2.13. The predicted molar refractivity (Wildman–Crippen MR) is 82.5 cm³/mol. The first-order valence-electron chi connectivity index (χ1n) is 7.28. The lowest BCUT2D eigenvalue weighted by Gasteiger charge is -2.15. The first kappa shape index (κ1) is 16.8. The molecule has 0 amide bonds. The van der Waals surface area contributed by atoms with Gasteiger partial charge in [0.15, 0.2) is 5.76 Å². The van der Waals surface area contributed by atoms with Gasteiger partial charge in [-0.25, -0.2) is 0 Å². The minimum absolute atomic E-state index is 0.0451. The summed E-state index contributed by atoms with van der Waals surface area (Å²) in [4.78, 5) is 23.6. The summed E-state index contributed by atoms with van der Waals surface area (Å²) >= 11 is 0. The smallest absolute Gasteiger partial charge is 0.306 e. The highest BCUT2D eigenvalue weighted by molar-refractivity contribution is 5.71. The van der Waals surface area contributed by atoms with Gasteiger partial charge in [-0.15, -0.1) is 0 Å². The van der Waals surface area contributed by atoms with Crippen molar-refractivity contribution in [3.05, 3.63) is 45.8 Å². The lowest BCUT2D eigenvalue weighted by Crippen LogP contribution is -2.13. The van der Waals surface area contributed by atoms with Crippen LogP contribution in [0.25, 0.3) is 0 Å². The van der Waals surface area contributed by atoms with Gasteiger partial charge in [-0.2, -0.15) is 5.10 Å². The number of rotatable bonds is 5. The summed E-state index contributed by atoms with van der Waals surface area (Å²) in [5, 5.41) is 14.3. The molecule has 124 valence electrons. The van der Waals surface area contributed by atoms with Crippen LogP contribution in [0.1, 0.15) is 49.3 Å². The topological polar surface area (TPSA) is 94.6 Å². The number of carbonyl (C=O) groups excluding carboxylic acids is 1. The molecule has 2 rings (SSSR count). The number of hydrogen-bond donors (Lipinski definition) is 1. The molecule has 0 aliphatic carbocycles. The van der Waals surface area contributed by atoms with E-state index in [1.807, 2.05) is 13.8 Å². The number of nitrogens with zero attached hydrogens (tertiary/aromatic N) is 2. The van der Waals surface area contributed by atoms with E-state index in [0.29, 0.717) is 11.3 Å². The molecule has 23 heavy (non-hydrogen) atoms. The zero-order valence-electron chi connectivity index (χ0n) is 13.6. The Bertz CT molecular complexity index is 760. The van der Waals surface area contributed by atoms with Gasteiger partial charge >= 0.3 is 5.97 Å². The Kier molecular flexibility index (Phi) is 4.88. The van der Waals surface area contributed by atoms with Gasteiger partial charge in [-0.05, 0) is 20.8 Å². The highest BCUT2D eigenvalue weighted by atomic mass is 16.5. The van der Waals surface area contributed by atoms with E-state index in [-0.39, 0.29) is 18.2 Å². The molecule has 0 aliphatic rings. The van der Waals surface area contributed by atoms with Crippen molar-refractivity contribution in [3.8, 4) is 5.75 Å². The maximum absolute atomic E-state index is 11.8. The molecular formula is C16H20N2O5. The van der Waals surface area contributed by atoms with Crippen molar-refractivity contribution in [2.75, 3.05) is 7.11 Å². The van der Waals surface area contributed by atoms with Crippen LogP contribution in [0, 0.1) is 6.92 Å². The number of hydrogen-bond acceptors (Lipinski definition) is 6. The van der Waals surface area contributed by atoms with Crippen molar-refractivity contribution in [1.29, 1.82) is 0 Å². The molecule has 0 aliphatic heterocycles. The van der Waals surface area contributed by atoms with Gasteiger partial charge in [-0.1, -0.05) is 0 Å². The van der Waals surface area contributed by atoms with Crippen LogP contribution in [-0.2, 0) is 9.53 Å². The van der Waals surface area contributed by atoms with Crippen LogP contribution in [-0.4, -0.2) is 28.0 Å². The van der Waals surface area contributed by atoms with E-state index in [2.05, 4.69) is 5.10 Å². The largest absolute Gasteiger partial charge is 0.502 e. The number of esters is 1. The summed E-state index contributed by atoms with van der Waals surface area (Å²) in [7, 11) is 1.28. The molecule has 0 saturated heterocycles. The Morgan fingerprint density at radius 1 is 1.48 bits per heavy atom. The number of aromatic hydroxyl groups is 1. The van der Waals surface area contributed by atoms with Gasteiger partial charge in [0.1, 0.15) is 5.76 Å². The van der Waals surface area contributed by atoms with Crippen molar-refractivity contribution in [1.82, 2.24) is 9.78 Å². The van der Waals surface area contributed by atoms with Crippen LogP contribution in [0.3, 0.4) is 0 Å². The number of carbonyl (C=O) groups is 1. The van der Waals surface area contributed by atoms with Crippen molar-refractivity contribution in [2.24, 2.45) is 0 Å². The maximum atomic E-state index is 11.8. The van der Waals surface area contributed by atoms with Gasteiger partial charge in [0, 0.05) is 23.9 Å². The first-order valence-corrected chi connectivity index (χ1v) is 7.28. The number of ether oxygens (including phenoxy) is 1. The standard InChI is InChI=1S/C16H20N2O5/c1-9(2)18-8-11(7-17-18)12(6-14(20)22-4)16-15(21)13(19)5-10(3)23-16/h5,7-9,12,21H,6H2,1-4H3/t12-/m0/s1. The third kappa shape index (κ3) is 3.61. The van der Waals surface area contributed by atoms with Crippen LogP contribution in [0.4, 0.5) is 0 Å². The van der Waals surface area contributed by atoms with Gasteiger partial charge in [0.25, 0.3) is 0 Å². The Labute approximate surface area is 133 Å². The van der Waals surface area contributed by atoms with E-state index in [4.69, 9.17) is 9.15 Å². The minimum Gasteiger partial charge on any atom is -0.502 e. The molecule has 7 heteroatoms. The van der Waals surface area contributed by atoms with Gasteiger partial charge in [0.2, 0.25) is 11.2 Å². The molecule has 2 heterocycles. The average Bonchev–Trinajstić information content (AvgIpc) is 2.98. The molecule has 0 fully saturated rings. The van der Waals surface area contributed by atoms with E-state index < -0.39 is 23.1 Å². The van der Waals surface area contributed by atoms with Gasteiger partial charge in [-0.3, -0.25) is 14.3 Å². The van der Waals surface area contributed by atoms with E-state index in [0.717, 1.165) is 0 Å². The molecule has 2 aromatic rings. The molecule has 0 radical (unpaired) electrons. The first-order chi connectivity index (χ1) is 10.8. The second-order valence-corrected chi connectivity index (χ2v) is 5.61. The molecule has 0 saturated carbocycles. The van der Waals surface area contributed by atoms with Crippen molar-refractivity contribution in [2.45, 2.75) is 39.2 Å². The SMILES string of the molecule is COC(=O)C[C@@H](c1cnn(C(C)C)c1)c1oc(C)cc(=O)c1O. The molecule has 0 aromatic carbocycles. The number of methoxy groups -OCH3 is 1. The fourth-order valence-electron chi connectivity index (χ4n) is 2.29. The van der Waals surface area contributed by atoms with E-state index in [1.165, 1.54) is 13.2 Å². The fraction of sp³-hybridized carbons (Fsp3) is 0.438. The lowest BCUT2D eigenvalue weighted by atomic mass is 9.94. The molecule has 0 bridgehead atoms. The Hall–Kier alpha value is -2.57. The van der Waals surface area contributed by atoms with Crippen molar-refractivity contribution < 1.29 is 19.1 Å². The van der Waals surface area contributed by atoms with E-state index in [9.17, 15) is 14.7 Å². The fourth-order valence-corrected chi connectivity index (χ4v) is 2.29. The maximum Gasteiger partial charge on any atom is 0.306 e. The Balaban J connectivity index is 2.54. The van der Waals surface area contributed by atoms with Crippen LogP contribution < -0.4 is 5.43 Å². The highest BCUT2D eigenvalue weighted by Gasteiger charge is 2.27. The molecule has 1 atom stereocenters. The zero-order valence-corrected chi connectivity index (χ0v) is 13.6. The summed E-state index contributed by atoms with van der Waals surface area (Å²) in [6.45, 7) is 5.55. The van der Waals surface area contributed by atoms with E-state index in [1.54, 1.807) is 24.0 Å². The lowest BCUT2D eigenvalue weighted by molar-refractivity contribution is -0.140. The zero-order chi connectivity index (χ0) is 17.1. The van der Waals surface area contributed by atoms with Crippen molar-refractivity contribution >= 4 is 5.97 Å². The normalized spacial score (nSPS) is 12.4. The van der Waals surface area contributed by atoms with Crippen LogP contribution >= 0.6 is 0 Å². The number of aryl methyl sites for hydroxylation is 1. The molecule has 7 nitrogen and oxygen atoms in total. The third-order valence-corrected chi connectivity index (χ3v) is 3.54. The van der Waals surface area contributed by atoms with Gasteiger partial charge < -0.3 is 14.3 Å². The van der Waals surface area contributed by atoms with Gasteiger partial charge in [0.05, 0.1) is 25.6 Å². The molecule has 2 aromatic heterocycles. The molecule has 0 unspecified atom stereocenters. The molecule has 0 spiro atoms. The molecular weight excluding hydrogens is 300 g/mol. The van der Waals surface area contributed by atoms with Crippen LogP contribution in [0.2, 0.25) is 0 Å². The Morgan fingerprint density at radius 2 is 2.17 bits per heavy atom. The second-order valence-electron chi connectivity index (χ2n) is 5.61. The summed E-state index contributed by atoms with van der Waals surface area (Å²) in [6.07, 6.45) is 3.29. The van der Waals surface area contributed by atoms with Crippen molar-refractivity contribution in [3.63, 3.8) is 0 Å². The van der Waals surface area contributed by atoms with Crippen LogP contribution in [0.15, 0.2) is 27.7 Å². The monoisotopic (exact) mass is 320 g/mol. The quantitative estimate of drug-likeness (QED) is 0.848. The Morgan fingerprint density at radius 3 is 2.74 bits per heavy atom. The van der Waals surface area contributed by atoms with Crippen LogP contribution in [0.5, 0.6) is 5.75 Å². The second kappa shape index (κ2) is 6.68. The summed E-state index contributed by atoms with van der Waals surface area (Å²) in [5.74, 6) is -1.22. The molecule has 1 N–H and O–H groups in total. The number of aromatic nitrogens is 2. The summed E-state index contributed by atoms with van der Waals surface area (Å²) in [5.41, 5.74) is 0.114. The van der Waals surface area contributed by atoms with E-state index >= 15 is 0 Å². The highest BCUT2D eigenvalue weighted by Crippen LogP contribution is 2.33. The third-order valence-electron chi connectivity index (χ3n) is 3.54. The summed E-state index contributed by atoms with van der Waals surface area (Å²) < 4.78 is 12.0. The minimum atomic E-state index is -0.650.